The number of piperidine rings is 1. The number of hydroxylamine groups is 1. The molecular formula is C24H29N9O4. The quantitative estimate of drug-likeness (QED) is 0.365. The number of nitrogens with one attached hydrogen (secondary N) is 3. The standard InChI is InChI=1S/C24H29N9O4/c1-3-10-32-18-20(28-22(32)31-11-4-5-15(26)13-31)30(2)24(36)33(21(18)34)23(35)29-37-19-14(12-25)6-7-17-16(19)8-9-27-17/h6-9,15,22,27-28H,3-5,10-11,13,26H2,1-2H3,(H,29,35). The Balaban J connectivity index is 1.49. The molecule has 0 aliphatic carbocycles. The Morgan fingerprint density at radius 3 is 2.86 bits per heavy atom. The van der Waals surface area contributed by atoms with E-state index in [0.29, 0.717) is 34.4 Å². The first kappa shape index (κ1) is 24.4. The molecule has 2 unspecified atom stereocenters. The van der Waals surface area contributed by atoms with Crippen molar-refractivity contribution in [3.8, 4) is 11.8 Å². The number of carbonyl (C=O) groups is 1. The van der Waals surface area contributed by atoms with Crippen LogP contribution in [0.25, 0.3) is 10.9 Å². The smallest absolute Gasteiger partial charge is 0.365 e. The van der Waals surface area contributed by atoms with E-state index in [1.165, 1.54) is 11.6 Å². The van der Waals surface area contributed by atoms with Crippen molar-refractivity contribution in [2.45, 2.75) is 38.5 Å². The van der Waals surface area contributed by atoms with Gasteiger partial charge in [0.15, 0.2) is 12.0 Å². The number of nitrogens with two attached hydrogens (primary N) is 1. The van der Waals surface area contributed by atoms with E-state index in [1.807, 2.05) is 17.9 Å². The summed E-state index contributed by atoms with van der Waals surface area (Å²) in [7, 11) is 1.50. The number of rotatable bonds is 5. The lowest BCUT2D eigenvalue weighted by Crippen LogP contribution is -2.56. The van der Waals surface area contributed by atoms with E-state index in [2.05, 4.69) is 20.7 Å². The predicted octanol–water partition coefficient (Wildman–Crippen LogP) is 0.800. The van der Waals surface area contributed by atoms with Crippen molar-refractivity contribution < 1.29 is 9.63 Å². The molecule has 13 nitrogen and oxygen atoms in total. The second-order valence-electron chi connectivity index (χ2n) is 9.29. The Morgan fingerprint density at radius 1 is 1.32 bits per heavy atom. The third kappa shape index (κ3) is 4.09. The molecule has 2 atom stereocenters. The van der Waals surface area contributed by atoms with Crippen molar-refractivity contribution >= 4 is 28.4 Å². The number of hydrogen-bond acceptors (Lipinski definition) is 9. The molecule has 194 valence electrons. The molecule has 2 aliphatic heterocycles. The lowest BCUT2D eigenvalue weighted by Gasteiger charge is -2.39. The number of hydrogen-bond donors (Lipinski definition) is 4. The summed E-state index contributed by atoms with van der Waals surface area (Å²) >= 11 is 0. The van der Waals surface area contributed by atoms with Gasteiger partial charge in [-0.1, -0.05) is 6.92 Å². The predicted molar refractivity (Wildman–Crippen MR) is 137 cm³/mol. The molecule has 2 aliphatic rings. The lowest BCUT2D eigenvalue weighted by atomic mass is 10.1. The first-order valence-electron chi connectivity index (χ1n) is 12.2. The lowest BCUT2D eigenvalue weighted by molar-refractivity contribution is 0.163. The number of carbonyl (C=O) groups excluding carboxylic acids is 1. The van der Waals surface area contributed by atoms with Crippen LogP contribution in [-0.2, 0) is 7.05 Å². The highest BCUT2D eigenvalue weighted by molar-refractivity contribution is 5.88. The average molecular weight is 508 g/mol. The molecule has 0 saturated carbocycles. The van der Waals surface area contributed by atoms with Crippen LogP contribution in [0.1, 0.15) is 31.7 Å². The highest BCUT2D eigenvalue weighted by atomic mass is 16.7. The third-order valence-corrected chi connectivity index (χ3v) is 6.84. The SMILES string of the molecule is CCCN1c2c(n(C)c(=O)n(C(=O)NOc3c(C#N)ccc4[nH]ccc34)c2=O)NC1N1CCCC(N)C1. The number of nitriles is 1. The fourth-order valence-corrected chi connectivity index (χ4v) is 5.09. The normalized spacial score (nSPS) is 19.4. The van der Waals surface area contributed by atoms with Crippen LogP contribution < -0.4 is 37.5 Å². The maximum atomic E-state index is 13.6. The Kier molecular flexibility index (Phi) is 6.36. The van der Waals surface area contributed by atoms with Gasteiger partial charge in [-0.15, -0.1) is 0 Å². The molecule has 0 bridgehead atoms. The fourth-order valence-electron chi connectivity index (χ4n) is 5.09. The monoisotopic (exact) mass is 507 g/mol. The van der Waals surface area contributed by atoms with Crippen LogP contribution in [0.2, 0.25) is 0 Å². The van der Waals surface area contributed by atoms with E-state index in [-0.39, 0.29) is 29.3 Å². The molecule has 3 aromatic rings. The molecule has 1 fully saturated rings. The van der Waals surface area contributed by atoms with E-state index < -0.39 is 17.3 Å². The van der Waals surface area contributed by atoms with Gasteiger partial charge >= 0.3 is 11.7 Å². The van der Waals surface area contributed by atoms with Crippen molar-refractivity contribution in [3.05, 3.63) is 50.8 Å². The molecule has 5 N–H and O–H groups in total. The summed E-state index contributed by atoms with van der Waals surface area (Å²) in [5, 5.41) is 13.3. The van der Waals surface area contributed by atoms with Crippen LogP contribution in [0.4, 0.5) is 16.3 Å². The number of H-pyrrole nitrogens is 1. The summed E-state index contributed by atoms with van der Waals surface area (Å²) in [6, 6.07) is 5.92. The van der Waals surface area contributed by atoms with Gasteiger partial charge in [-0.2, -0.15) is 15.3 Å². The van der Waals surface area contributed by atoms with Crippen molar-refractivity contribution in [1.29, 1.82) is 5.26 Å². The number of fused-ring (bicyclic) bond motifs is 2. The van der Waals surface area contributed by atoms with Gasteiger partial charge in [-0.3, -0.25) is 14.3 Å². The zero-order chi connectivity index (χ0) is 26.3. The van der Waals surface area contributed by atoms with Gasteiger partial charge in [0.25, 0.3) is 5.56 Å². The Hall–Kier alpha value is -4.28. The van der Waals surface area contributed by atoms with Crippen molar-refractivity contribution in [2.24, 2.45) is 12.8 Å². The maximum Gasteiger partial charge on any atom is 0.365 e. The third-order valence-electron chi connectivity index (χ3n) is 6.84. The van der Waals surface area contributed by atoms with Gasteiger partial charge in [-0.25, -0.2) is 9.59 Å². The van der Waals surface area contributed by atoms with Crippen LogP contribution in [0, 0.1) is 11.3 Å². The van der Waals surface area contributed by atoms with E-state index in [0.717, 1.165) is 25.8 Å². The molecule has 0 spiro atoms. The summed E-state index contributed by atoms with van der Waals surface area (Å²) in [6.45, 7) is 3.96. The Morgan fingerprint density at radius 2 is 2.14 bits per heavy atom. The van der Waals surface area contributed by atoms with Crippen LogP contribution in [0.3, 0.4) is 0 Å². The maximum absolute atomic E-state index is 13.6. The first-order chi connectivity index (χ1) is 17.8. The molecule has 0 radical (unpaired) electrons. The van der Waals surface area contributed by atoms with Crippen LogP contribution in [0.5, 0.6) is 5.75 Å². The summed E-state index contributed by atoms with van der Waals surface area (Å²) in [5.74, 6) is 0.456. The molecule has 1 amide bonds. The molecule has 37 heavy (non-hydrogen) atoms. The molecular weight excluding hydrogens is 478 g/mol. The average Bonchev–Trinajstić information content (AvgIpc) is 3.51. The number of aromatic amines is 1. The summed E-state index contributed by atoms with van der Waals surface area (Å²) < 4.78 is 1.76. The minimum absolute atomic E-state index is 0.0222. The van der Waals surface area contributed by atoms with Gasteiger partial charge in [0.2, 0.25) is 0 Å². The van der Waals surface area contributed by atoms with Gasteiger partial charge < -0.3 is 25.8 Å². The minimum Gasteiger partial charge on any atom is -0.376 e. The van der Waals surface area contributed by atoms with Crippen LogP contribution in [0.15, 0.2) is 34.0 Å². The fraction of sp³-hybridized carbons (Fsp3) is 0.417. The van der Waals surface area contributed by atoms with Crippen molar-refractivity contribution in [3.63, 3.8) is 0 Å². The summed E-state index contributed by atoms with van der Waals surface area (Å²) in [5.41, 5.74) is 7.89. The molecule has 1 saturated heterocycles. The second kappa shape index (κ2) is 9.64. The number of amides is 1. The van der Waals surface area contributed by atoms with Gasteiger partial charge in [-0.05, 0) is 37.5 Å². The highest BCUT2D eigenvalue weighted by Gasteiger charge is 2.39. The first-order valence-corrected chi connectivity index (χ1v) is 12.2. The molecule has 4 heterocycles. The molecule has 5 rings (SSSR count). The summed E-state index contributed by atoms with van der Waals surface area (Å²) in [4.78, 5) is 52.4. The topological polar surface area (TPSA) is 166 Å². The van der Waals surface area contributed by atoms with E-state index >= 15 is 0 Å². The van der Waals surface area contributed by atoms with Gasteiger partial charge in [0.1, 0.15) is 17.6 Å². The minimum atomic E-state index is -1.07. The zero-order valence-electron chi connectivity index (χ0n) is 20.7. The van der Waals surface area contributed by atoms with Gasteiger partial charge in [0.05, 0.1) is 5.56 Å². The van der Waals surface area contributed by atoms with Gasteiger partial charge in [0, 0.05) is 49.8 Å². The van der Waals surface area contributed by atoms with Crippen molar-refractivity contribution in [1.82, 2.24) is 24.5 Å². The van der Waals surface area contributed by atoms with Crippen LogP contribution >= 0.6 is 0 Å². The summed E-state index contributed by atoms with van der Waals surface area (Å²) in [6.07, 6.45) is 3.91. The largest absolute Gasteiger partial charge is 0.376 e. The van der Waals surface area contributed by atoms with Crippen LogP contribution in [-0.4, -0.2) is 57.0 Å². The second-order valence-corrected chi connectivity index (χ2v) is 9.29. The van der Waals surface area contributed by atoms with E-state index in [4.69, 9.17) is 10.6 Å². The number of likely N-dealkylation sites (tertiary alicyclic amines) is 1. The van der Waals surface area contributed by atoms with Crippen molar-refractivity contribution in [2.75, 3.05) is 29.9 Å². The number of anilines is 2. The zero-order valence-corrected chi connectivity index (χ0v) is 20.7. The van der Waals surface area contributed by atoms with E-state index in [9.17, 15) is 19.6 Å². The number of aromatic nitrogens is 3. The number of benzene rings is 1. The Bertz CT molecular complexity index is 1520. The van der Waals surface area contributed by atoms with E-state index in [1.54, 1.807) is 24.4 Å². The molecule has 2 aromatic heterocycles. The number of nitrogens with zero attached hydrogens (tertiary/aromatic N) is 5. The molecule has 13 heteroatoms. The molecule has 1 aromatic carbocycles. The highest BCUT2D eigenvalue weighted by Crippen LogP contribution is 2.32. The Labute approximate surface area is 212 Å².